The summed E-state index contributed by atoms with van der Waals surface area (Å²) in [5.74, 6) is 0.991. The molecule has 0 saturated heterocycles. The van der Waals surface area contributed by atoms with Crippen LogP contribution < -0.4 is 0 Å². The Bertz CT molecular complexity index is 337. The van der Waals surface area contributed by atoms with E-state index in [0.29, 0.717) is 12.2 Å². The lowest BCUT2D eigenvalue weighted by atomic mass is 9.88. The fraction of sp³-hybridized carbons (Fsp3) is 0.800. The molecule has 5 heteroatoms. The fourth-order valence-corrected chi connectivity index (χ4v) is 1.21. The van der Waals surface area contributed by atoms with Crippen molar-refractivity contribution in [3.63, 3.8) is 0 Å². The van der Waals surface area contributed by atoms with Crippen LogP contribution >= 0.6 is 0 Å². The van der Waals surface area contributed by atoms with Crippen molar-refractivity contribution in [1.29, 1.82) is 0 Å². The van der Waals surface area contributed by atoms with Crippen LogP contribution in [0.3, 0.4) is 0 Å². The Hall–Kier alpha value is -1.26. The van der Waals surface area contributed by atoms with Crippen molar-refractivity contribution in [2.75, 3.05) is 0 Å². The van der Waals surface area contributed by atoms with Gasteiger partial charge in [-0.25, -0.2) is 0 Å². The number of Topliss-reactive ketones (excluding diaryl/α,β-unsaturated/α-hetero) is 1. The average molecular weight is 210 g/mol. The first-order valence-electron chi connectivity index (χ1n) is 5.16. The van der Waals surface area contributed by atoms with Gasteiger partial charge in [-0.3, -0.25) is 4.79 Å². The predicted molar refractivity (Wildman–Crippen MR) is 56.2 cm³/mol. The molecule has 1 aromatic rings. The van der Waals surface area contributed by atoms with Crippen molar-refractivity contribution < 1.29 is 4.79 Å². The molecule has 0 aromatic carbocycles. The summed E-state index contributed by atoms with van der Waals surface area (Å²) in [6.07, 6.45) is 2.10. The second-order valence-corrected chi connectivity index (χ2v) is 4.72. The molecule has 0 fully saturated rings. The summed E-state index contributed by atoms with van der Waals surface area (Å²) in [6.45, 7) is 5.82. The largest absolute Gasteiger partial charge is 0.299 e. The van der Waals surface area contributed by atoms with E-state index in [-0.39, 0.29) is 11.2 Å². The van der Waals surface area contributed by atoms with E-state index < -0.39 is 0 Å². The molecule has 1 rings (SSSR count). The van der Waals surface area contributed by atoms with Crippen LogP contribution in [-0.2, 0) is 18.3 Å². The zero-order valence-electron chi connectivity index (χ0n) is 9.82. The van der Waals surface area contributed by atoms with E-state index in [4.69, 9.17) is 0 Å². The maximum absolute atomic E-state index is 11.6. The molecule has 0 aliphatic heterocycles. The summed E-state index contributed by atoms with van der Waals surface area (Å²) in [7, 11) is 1.73. The SMILES string of the molecule is Cn1nnc(CCCC(=O)C(C)(C)C)n1. The molecule has 0 N–H and O–H groups in total. The highest BCUT2D eigenvalue weighted by Crippen LogP contribution is 2.17. The first kappa shape index (κ1) is 11.8. The molecule has 84 valence electrons. The summed E-state index contributed by atoms with van der Waals surface area (Å²) in [6, 6.07) is 0. The van der Waals surface area contributed by atoms with Gasteiger partial charge >= 0.3 is 0 Å². The molecule has 0 unspecified atom stereocenters. The van der Waals surface area contributed by atoms with Crippen LogP contribution in [0, 0.1) is 5.41 Å². The molecule has 0 saturated carbocycles. The topological polar surface area (TPSA) is 60.7 Å². The van der Waals surface area contributed by atoms with E-state index in [1.807, 2.05) is 20.8 Å². The molecule has 1 heterocycles. The number of aromatic nitrogens is 4. The van der Waals surface area contributed by atoms with E-state index in [9.17, 15) is 4.79 Å². The number of carbonyl (C=O) groups excluding carboxylic acids is 1. The number of rotatable bonds is 4. The number of carbonyl (C=O) groups is 1. The minimum Gasteiger partial charge on any atom is -0.299 e. The van der Waals surface area contributed by atoms with E-state index in [0.717, 1.165) is 12.8 Å². The van der Waals surface area contributed by atoms with Gasteiger partial charge < -0.3 is 0 Å². The summed E-state index contributed by atoms with van der Waals surface area (Å²) in [5.41, 5.74) is -0.240. The number of nitrogens with zero attached hydrogens (tertiary/aromatic N) is 4. The average Bonchev–Trinajstić information content (AvgIpc) is 2.49. The van der Waals surface area contributed by atoms with Crippen LogP contribution in [0.2, 0.25) is 0 Å². The van der Waals surface area contributed by atoms with Crippen molar-refractivity contribution in [2.24, 2.45) is 12.5 Å². The summed E-state index contributed by atoms with van der Waals surface area (Å²) in [4.78, 5) is 13.0. The van der Waals surface area contributed by atoms with Gasteiger partial charge in [0.05, 0.1) is 7.05 Å². The highest BCUT2D eigenvalue weighted by atomic mass is 16.1. The molecule has 1 aromatic heterocycles. The maximum Gasteiger partial charge on any atom is 0.174 e. The molecule has 0 radical (unpaired) electrons. The summed E-state index contributed by atoms with van der Waals surface area (Å²) >= 11 is 0. The van der Waals surface area contributed by atoms with Gasteiger partial charge in [0.15, 0.2) is 5.82 Å². The van der Waals surface area contributed by atoms with Gasteiger partial charge in [0.2, 0.25) is 0 Å². The number of hydrogen-bond acceptors (Lipinski definition) is 4. The number of tetrazole rings is 1. The zero-order valence-corrected chi connectivity index (χ0v) is 9.82. The van der Waals surface area contributed by atoms with Crippen molar-refractivity contribution in [3.8, 4) is 0 Å². The number of aryl methyl sites for hydroxylation is 2. The minimum absolute atomic E-state index is 0.240. The second kappa shape index (κ2) is 4.51. The van der Waals surface area contributed by atoms with Crippen molar-refractivity contribution in [2.45, 2.75) is 40.0 Å². The molecular formula is C10H18N4O. The lowest BCUT2D eigenvalue weighted by molar-refractivity contribution is -0.126. The van der Waals surface area contributed by atoms with Gasteiger partial charge in [0.1, 0.15) is 5.78 Å². The third-order valence-corrected chi connectivity index (χ3v) is 2.19. The minimum atomic E-state index is -0.240. The molecule has 15 heavy (non-hydrogen) atoms. The van der Waals surface area contributed by atoms with Crippen LogP contribution in [0.15, 0.2) is 0 Å². The fourth-order valence-electron chi connectivity index (χ4n) is 1.21. The Kier molecular flexibility index (Phi) is 3.55. The van der Waals surface area contributed by atoms with Crippen molar-refractivity contribution in [1.82, 2.24) is 20.2 Å². The van der Waals surface area contributed by atoms with E-state index >= 15 is 0 Å². The van der Waals surface area contributed by atoms with Gasteiger partial charge in [-0.2, -0.15) is 4.80 Å². The Morgan fingerprint density at radius 3 is 2.53 bits per heavy atom. The van der Waals surface area contributed by atoms with Crippen LogP contribution in [0.25, 0.3) is 0 Å². The van der Waals surface area contributed by atoms with E-state index in [2.05, 4.69) is 15.4 Å². The van der Waals surface area contributed by atoms with Crippen LogP contribution in [0.1, 0.15) is 39.4 Å². The molecular weight excluding hydrogens is 192 g/mol. The van der Waals surface area contributed by atoms with Crippen molar-refractivity contribution >= 4 is 5.78 Å². The molecule has 0 bridgehead atoms. The third-order valence-electron chi connectivity index (χ3n) is 2.19. The third kappa shape index (κ3) is 3.77. The van der Waals surface area contributed by atoms with E-state index in [1.165, 1.54) is 4.80 Å². The lowest BCUT2D eigenvalue weighted by Gasteiger charge is -2.15. The molecule has 0 aliphatic rings. The molecule has 0 atom stereocenters. The standard InChI is InChI=1S/C10H18N4O/c1-10(2,3)8(15)6-5-7-9-11-13-14(4)12-9/h5-7H2,1-4H3. The van der Waals surface area contributed by atoms with Crippen LogP contribution in [-0.4, -0.2) is 26.0 Å². The van der Waals surface area contributed by atoms with Crippen LogP contribution in [0.5, 0.6) is 0 Å². The normalized spacial score (nSPS) is 11.7. The quantitative estimate of drug-likeness (QED) is 0.748. The Labute approximate surface area is 89.9 Å². The molecule has 5 nitrogen and oxygen atoms in total. The smallest absolute Gasteiger partial charge is 0.174 e. The van der Waals surface area contributed by atoms with Gasteiger partial charge in [0.25, 0.3) is 0 Å². The van der Waals surface area contributed by atoms with E-state index in [1.54, 1.807) is 7.05 Å². The molecule has 0 aliphatic carbocycles. The predicted octanol–water partition coefficient (Wildman–Crippen LogP) is 1.15. The highest BCUT2D eigenvalue weighted by molar-refractivity contribution is 5.83. The first-order valence-corrected chi connectivity index (χ1v) is 5.16. The number of hydrogen-bond donors (Lipinski definition) is 0. The Morgan fingerprint density at radius 2 is 2.07 bits per heavy atom. The zero-order chi connectivity index (χ0) is 11.5. The monoisotopic (exact) mass is 210 g/mol. The van der Waals surface area contributed by atoms with Gasteiger partial charge in [-0.05, 0) is 11.6 Å². The highest BCUT2D eigenvalue weighted by Gasteiger charge is 2.20. The second-order valence-electron chi connectivity index (χ2n) is 4.72. The maximum atomic E-state index is 11.6. The molecule has 0 amide bonds. The summed E-state index contributed by atoms with van der Waals surface area (Å²) < 4.78 is 0. The number of ketones is 1. The van der Waals surface area contributed by atoms with Gasteiger partial charge in [-0.15, -0.1) is 10.2 Å². The Morgan fingerprint density at radius 1 is 1.40 bits per heavy atom. The summed E-state index contributed by atoms with van der Waals surface area (Å²) in [5, 5.41) is 11.7. The molecule has 0 spiro atoms. The van der Waals surface area contributed by atoms with Gasteiger partial charge in [0, 0.05) is 18.3 Å². The first-order chi connectivity index (χ1) is 6.89. The van der Waals surface area contributed by atoms with Crippen LogP contribution in [0.4, 0.5) is 0 Å². The van der Waals surface area contributed by atoms with Gasteiger partial charge in [-0.1, -0.05) is 20.8 Å². The Balaban J connectivity index is 2.31. The lowest BCUT2D eigenvalue weighted by Crippen LogP contribution is -2.19. The van der Waals surface area contributed by atoms with Crippen molar-refractivity contribution in [3.05, 3.63) is 5.82 Å².